The molecule has 3 aliphatic rings. The van der Waals surface area contributed by atoms with Crippen molar-refractivity contribution in [2.45, 2.75) is 71.4 Å². The Bertz CT molecular complexity index is 1430. The van der Waals surface area contributed by atoms with Gasteiger partial charge in [0, 0.05) is 61.2 Å². The predicted molar refractivity (Wildman–Crippen MR) is 180 cm³/mol. The Morgan fingerprint density at radius 1 is 1.13 bits per heavy atom. The van der Waals surface area contributed by atoms with E-state index < -0.39 is 17.3 Å². The van der Waals surface area contributed by atoms with Crippen LogP contribution >= 0.6 is 0 Å². The average Bonchev–Trinajstić information content (AvgIpc) is 3.67. The maximum Gasteiger partial charge on any atom is 0.308 e. The summed E-state index contributed by atoms with van der Waals surface area (Å²) in [6, 6.07) is 13.9. The summed E-state index contributed by atoms with van der Waals surface area (Å²) in [5.41, 5.74) is 3.74. The first kappa shape index (κ1) is 33.9. The van der Waals surface area contributed by atoms with Crippen molar-refractivity contribution in [2.24, 2.45) is 11.3 Å². The highest BCUT2D eigenvalue weighted by Crippen LogP contribution is 2.42. The van der Waals surface area contributed by atoms with Crippen LogP contribution in [0.5, 0.6) is 5.75 Å². The van der Waals surface area contributed by atoms with Crippen molar-refractivity contribution in [3.8, 4) is 5.75 Å². The molecule has 3 atom stereocenters. The van der Waals surface area contributed by atoms with Crippen LogP contribution in [0.15, 0.2) is 42.5 Å². The van der Waals surface area contributed by atoms with Gasteiger partial charge in [-0.1, -0.05) is 51.5 Å². The number of unbranched alkanes of at least 4 members (excludes halogenated alkanes) is 1. The van der Waals surface area contributed by atoms with Crippen LogP contribution in [0.25, 0.3) is 0 Å². The summed E-state index contributed by atoms with van der Waals surface area (Å²) in [5, 5.41) is 10.7. The number of rotatable bonds is 13. The van der Waals surface area contributed by atoms with Crippen LogP contribution in [0.2, 0.25) is 0 Å². The van der Waals surface area contributed by atoms with Crippen LogP contribution in [0.1, 0.15) is 69.1 Å². The summed E-state index contributed by atoms with van der Waals surface area (Å²) in [7, 11) is 6.46. The van der Waals surface area contributed by atoms with Gasteiger partial charge in [0.15, 0.2) is 0 Å². The third kappa shape index (κ3) is 7.58. The van der Waals surface area contributed by atoms with Gasteiger partial charge in [-0.3, -0.25) is 19.3 Å². The average molecular weight is 634 g/mol. The lowest BCUT2D eigenvalue weighted by atomic mass is 9.83. The Labute approximate surface area is 274 Å². The van der Waals surface area contributed by atoms with Crippen molar-refractivity contribution in [3.05, 3.63) is 59.2 Å². The van der Waals surface area contributed by atoms with Gasteiger partial charge in [0.1, 0.15) is 12.3 Å². The number of quaternary nitrogens is 1. The quantitative estimate of drug-likeness (QED) is 0.320. The standard InChI is InChI=1S/C37H52N4O5/c1-7-8-17-40(29-11-9-10-26(21-29)25-41(4,5)6)33(42)24-39-23-30(27-12-13-32-28(22-27)15-20-46-32)34(35(43)44)31(39)14-18-38-19-16-37(2,3)36(38)45/h9-13,21-22,30-31,34H,7-8,14-20,23-25H2,1-6H3/p+1/t30-,31+,34-/m1/s1. The van der Waals surface area contributed by atoms with Gasteiger partial charge in [-0.2, -0.15) is 0 Å². The molecule has 5 rings (SSSR count). The number of ether oxygens (including phenoxy) is 1. The lowest BCUT2D eigenvalue weighted by molar-refractivity contribution is -0.884. The van der Waals surface area contributed by atoms with E-state index in [0.717, 1.165) is 59.3 Å². The molecule has 0 radical (unpaired) electrons. The van der Waals surface area contributed by atoms with Crippen molar-refractivity contribution in [1.82, 2.24) is 9.80 Å². The third-order valence-corrected chi connectivity index (χ3v) is 10.00. The zero-order valence-corrected chi connectivity index (χ0v) is 28.6. The fourth-order valence-corrected chi connectivity index (χ4v) is 7.52. The van der Waals surface area contributed by atoms with Crippen LogP contribution in [-0.4, -0.2) is 104 Å². The second-order valence-electron chi connectivity index (χ2n) is 15.2. The number of aliphatic carboxylic acids is 1. The van der Waals surface area contributed by atoms with E-state index in [1.54, 1.807) is 0 Å². The number of hydrogen-bond donors (Lipinski definition) is 1. The number of carbonyl (C=O) groups excluding carboxylic acids is 2. The number of hydrogen-bond acceptors (Lipinski definition) is 5. The van der Waals surface area contributed by atoms with Crippen LogP contribution in [0.3, 0.4) is 0 Å². The SMILES string of the molecule is CCCCN(C(=O)CN1C[C@H](c2ccc3c(c2)CCO3)[C@@H](C(=O)O)[C@@H]1CCN1CCC(C)(C)C1=O)c1cccc(C[N+](C)(C)C)c1. The number of nitrogens with zero attached hydrogens (tertiary/aromatic N) is 4. The molecule has 0 bridgehead atoms. The molecule has 0 spiro atoms. The van der Waals surface area contributed by atoms with Crippen LogP contribution in [0.4, 0.5) is 5.69 Å². The van der Waals surface area contributed by atoms with E-state index in [1.165, 1.54) is 5.56 Å². The number of anilines is 1. The molecular weight excluding hydrogens is 580 g/mol. The summed E-state index contributed by atoms with van der Waals surface area (Å²) >= 11 is 0. The molecule has 2 aromatic rings. The van der Waals surface area contributed by atoms with Crippen molar-refractivity contribution in [2.75, 3.05) is 65.4 Å². The number of carboxylic acids is 1. The Morgan fingerprint density at radius 3 is 2.59 bits per heavy atom. The molecule has 2 amide bonds. The normalized spacial score (nSPS) is 22.6. The second-order valence-corrected chi connectivity index (χ2v) is 15.2. The molecule has 0 aromatic heterocycles. The topological polar surface area (TPSA) is 90.4 Å². The molecule has 3 aliphatic heterocycles. The molecule has 46 heavy (non-hydrogen) atoms. The Balaban J connectivity index is 1.43. The monoisotopic (exact) mass is 633 g/mol. The van der Waals surface area contributed by atoms with Crippen molar-refractivity contribution >= 4 is 23.5 Å². The zero-order chi connectivity index (χ0) is 33.2. The van der Waals surface area contributed by atoms with Crippen LogP contribution < -0.4 is 9.64 Å². The van der Waals surface area contributed by atoms with Gasteiger partial charge in [0.25, 0.3) is 0 Å². The Morgan fingerprint density at radius 2 is 1.91 bits per heavy atom. The van der Waals surface area contributed by atoms with Gasteiger partial charge in [-0.05, 0) is 48.6 Å². The van der Waals surface area contributed by atoms with E-state index in [2.05, 4.69) is 51.2 Å². The number of carbonyl (C=O) groups is 3. The fraction of sp³-hybridized carbons (Fsp3) is 0.595. The number of benzene rings is 2. The predicted octanol–water partition coefficient (Wildman–Crippen LogP) is 4.78. The molecule has 250 valence electrons. The zero-order valence-electron chi connectivity index (χ0n) is 28.6. The van der Waals surface area contributed by atoms with E-state index in [4.69, 9.17) is 4.74 Å². The van der Waals surface area contributed by atoms with Gasteiger partial charge in [0.05, 0.1) is 40.2 Å². The Kier molecular flexibility index (Phi) is 10.1. The second kappa shape index (κ2) is 13.7. The molecule has 9 nitrogen and oxygen atoms in total. The highest BCUT2D eigenvalue weighted by atomic mass is 16.5. The molecule has 1 N–H and O–H groups in total. The summed E-state index contributed by atoms with van der Waals surface area (Å²) < 4.78 is 6.51. The smallest absolute Gasteiger partial charge is 0.308 e. The highest BCUT2D eigenvalue weighted by Gasteiger charge is 2.48. The molecule has 2 saturated heterocycles. The Hall–Kier alpha value is -3.43. The van der Waals surface area contributed by atoms with Gasteiger partial charge < -0.3 is 24.1 Å². The molecule has 9 heteroatoms. The maximum absolute atomic E-state index is 14.3. The van der Waals surface area contributed by atoms with Crippen molar-refractivity contribution in [1.29, 1.82) is 0 Å². The van der Waals surface area contributed by atoms with E-state index in [1.807, 2.05) is 47.9 Å². The lowest BCUT2D eigenvalue weighted by Gasteiger charge is -2.31. The third-order valence-electron chi connectivity index (χ3n) is 10.00. The van der Waals surface area contributed by atoms with Gasteiger partial charge in [-0.25, -0.2) is 0 Å². The molecular formula is C37H53N4O5+. The summed E-state index contributed by atoms with van der Waals surface area (Å²) in [6.45, 7) is 9.92. The van der Waals surface area contributed by atoms with E-state index in [9.17, 15) is 19.5 Å². The molecule has 0 aliphatic carbocycles. The fourth-order valence-electron chi connectivity index (χ4n) is 7.52. The van der Waals surface area contributed by atoms with E-state index in [0.29, 0.717) is 39.2 Å². The first-order valence-corrected chi connectivity index (χ1v) is 17.0. The number of likely N-dealkylation sites (tertiary alicyclic amines) is 2. The van der Waals surface area contributed by atoms with Gasteiger partial charge >= 0.3 is 5.97 Å². The first-order valence-electron chi connectivity index (χ1n) is 17.0. The lowest BCUT2D eigenvalue weighted by Crippen LogP contribution is -2.46. The molecule has 0 unspecified atom stereocenters. The van der Waals surface area contributed by atoms with Crippen molar-refractivity contribution in [3.63, 3.8) is 0 Å². The molecule has 0 saturated carbocycles. The summed E-state index contributed by atoms with van der Waals surface area (Å²) in [5.74, 6) is -0.863. The molecule has 3 heterocycles. The summed E-state index contributed by atoms with van der Waals surface area (Å²) in [4.78, 5) is 46.3. The van der Waals surface area contributed by atoms with Gasteiger partial charge in [0.2, 0.25) is 11.8 Å². The van der Waals surface area contributed by atoms with Gasteiger partial charge in [-0.15, -0.1) is 0 Å². The number of fused-ring (bicyclic) bond motifs is 1. The minimum Gasteiger partial charge on any atom is -0.493 e. The van der Waals surface area contributed by atoms with E-state index in [-0.39, 0.29) is 30.3 Å². The molecule has 2 fully saturated rings. The number of carboxylic acid groups (broad SMARTS) is 1. The maximum atomic E-state index is 14.3. The van der Waals surface area contributed by atoms with Crippen molar-refractivity contribution < 1.29 is 28.7 Å². The van der Waals surface area contributed by atoms with Crippen LogP contribution in [0, 0.1) is 11.3 Å². The minimum absolute atomic E-state index is 0.0219. The first-order chi connectivity index (χ1) is 21.8. The minimum atomic E-state index is -0.856. The number of amides is 2. The van der Waals surface area contributed by atoms with Crippen LogP contribution in [-0.2, 0) is 27.3 Å². The largest absolute Gasteiger partial charge is 0.493 e. The van der Waals surface area contributed by atoms with E-state index >= 15 is 0 Å². The summed E-state index contributed by atoms with van der Waals surface area (Å²) in [6.07, 6.45) is 3.94. The molecule has 2 aromatic carbocycles. The highest BCUT2D eigenvalue weighted by molar-refractivity contribution is 5.95.